The van der Waals surface area contributed by atoms with Crippen molar-refractivity contribution in [2.75, 3.05) is 11.9 Å². The first-order valence-corrected chi connectivity index (χ1v) is 8.26. The number of imidazole rings is 1. The molecule has 0 unspecified atom stereocenters. The molecule has 12 nitrogen and oxygen atoms in total. The highest BCUT2D eigenvalue weighted by Crippen LogP contribution is 2.33. The number of nitro benzene ring substituents is 1. The Kier molecular flexibility index (Phi) is 5.63. The van der Waals surface area contributed by atoms with E-state index >= 15 is 0 Å². The average molecular weight is 391 g/mol. The van der Waals surface area contributed by atoms with Crippen LogP contribution >= 0.6 is 0 Å². The van der Waals surface area contributed by atoms with Gasteiger partial charge in [-0.1, -0.05) is 0 Å². The molecule has 1 fully saturated rings. The van der Waals surface area contributed by atoms with Gasteiger partial charge in [0.15, 0.2) is 11.5 Å². The fourth-order valence-corrected chi connectivity index (χ4v) is 2.83. The van der Waals surface area contributed by atoms with Crippen LogP contribution in [0.1, 0.15) is 23.1 Å². The normalized spacial score (nSPS) is 21.9. The number of nitro groups is 1. The van der Waals surface area contributed by atoms with E-state index in [9.17, 15) is 25.1 Å². The lowest BCUT2D eigenvalue weighted by molar-refractivity contribution is -0.384. The van der Waals surface area contributed by atoms with Crippen molar-refractivity contribution in [3.05, 3.63) is 46.4 Å². The number of nitrogens with two attached hydrogens (primary N) is 1. The van der Waals surface area contributed by atoms with Gasteiger partial charge in [0, 0.05) is 24.2 Å². The smallest absolute Gasteiger partial charge is 0.278 e. The third kappa shape index (κ3) is 3.83. The Morgan fingerprint density at radius 3 is 2.79 bits per heavy atom. The molecule has 0 bridgehead atoms. The molecule has 5 N–H and O–H groups in total. The number of anilines is 1. The van der Waals surface area contributed by atoms with Crippen LogP contribution in [0, 0.1) is 10.1 Å². The second-order valence-electron chi connectivity index (χ2n) is 5.98. The first-order chi connectivity index (χ1) is 13.4. The van der Waals surface area contributed by atoms with Gasteiger partial charge in [0.25, 0.3) is 11.6 Å². The third-order valence-electron chi connectivity index (χ3n) is 4.21. The number of hydrogen-bond acceptors (Lipinski definition) is 8. The summed E-state index contributed by atoms with van der Waals surface area (Å²) < 4.78 is 6.99. The van der Waals surface area contributed by atoms with Crippen LogP contribution in [0.3, 0.4) is 0 Å². The summed E-state index contributed by atoms with van der Waals surface area (Å²) in [6.45, 7) is -0.352. The SMILES string of the molecule is [15NH2]/C=N/c1c(C(=O)Nc2ccc([N+](=O)[O-])cc2)ncn1[C@H]1C[C@H](O)[C@@H](CO)O1. The number of nitrogens with one attached hydrogen (secondary N) is 1. The maximum absolute atomic E-state index is 12.6. The van der Waals surface area contributed by atoms with Crippen molar-refractivity contribution < 1.29 is 24.7 Å². The van der Waals surface area contributed by atoms with Crippen molar-refractivity contribution in [2.24, 2.45) is 10.7 Å². The van der Waals surface area contributed by atoms with E-state index in [0.29, 0.717) is 5.69 Å². The van der Waals surface area contributed by atoms with Crippen LogP contribution < -0.4 is 11.1 Å². The molecule has 0 aliphatic carbocycles. The summed E-state index contributed by atoms with van der Waals surface area (Å²) in [5.74, 6) is -0.497. The average Bonchev–Trinajstić information content (AvgIpc) is 3.25. The quantitative estimate of drug-likeness (QED) is 0.178. The van der Waals surface area contributed by atoms with E-state index in [4.69, 9.17) is 10.5 Å². The Balaban J connectivity index is 1.82. The van der Waals surface area contributed by atoms with E-state index in [2.05, 4.69) is 15.3 Å². The Morgan fingerprint density at radius 2 is 2.21 bits per heavy atom. The monoisotopic (exact) mass is 391 g/mol. The van der Waals surface area contributed by atoms with Crippen LogP contribution in [0.25, 0.3) is 0 Å². The highest BCUT2D eigenvalue weighted by molar-refractivity contribution is 6.06. The van der Waals surface area contributed by atoms with Gasteiger partial charge in [-0.05, 0) is 12.1 Å². The Labute approximate surface area is 158 Å². The number of nitrogens with zero attached hydrogens (tertiary/aromatic N) is 4. The molecule has 28 heavy (non-hydrogen) atoms. The maximum Gasteiger partial charge on any atom is 0.278 e. The maximum atomic E-state index is 12.6. The summed E-state index contributed by atoms with van der Waals surface area (Å²) in [6.07, 6.45) is 0.191. The predicted molar refractivity (Wildman–Crippen MR) is 97.2 cm³/mol. The predicted octanol–water partition coefficient (Wildman–Crippen LogP) is 0.303. The van der Waals surface area contributed by atoms with Gasteiger partial charge < -0.3 is 26.0 Å². The van der Waals surface area contributed by atoms with Crippen LogP contribution in [0.4, 0.5) is 17.2 Å². The molecule has 3 atom stereocenters. The van der Waals surface area contributed by atoms with E-state index in [1.165, 1.54) is 35.2 Å². The number of aromatic nitrogens is 2. The van der Waals surface area contributed by atoms with Crippen molar-refractivity contribution in [1.29, 1.82) is 0 Å². The lowest BCUT2D eigenvalue weighted by Gasteiger charge is -2.14. The second kappa shape index (κ2) is 8.12. The van der Waals surface area contributed by atoms with Crippen molar-refractivity contribution >= 4 is 29.4 Å². The van der Waals surface area contributed by atoms with Crippen molar-refractivity contribution in [3.8, 4) is 0 Å². The number of non-ortho nitro benzene ring substituents is 1. The Hall–Kier alpha value is -3.35. The standard InChI is InChI=1S/C16H18N6O6/c17-7-18-15-14(16(25)20-9-1-3-10(4-2-9)22(26)27)19-8-21(15)13-5-11(24)12(6-23)28-13/h1-4,7-8,11-13,23-24H,5-6H2,(H2,17,18)(H,20,25)/t11-,12+,13+/m0/s1/i17+1. The number of aliphatic imine (C=N–C) groups is 1. The molecule has 1 aromatic heterocycles. The zero-order valence-electron chi connectivity index (χ0n) is 14.5. The first-order valence-electron chi connectivity index (χ1n) is 8.26. The zero-order chi connectivity index (χ0) is 20.3. The van der Waals surface area contributed by atoms with Gasteiger partial charge in [-0.3, -0.25) is 19.5 Å². The van der Waals surface area contributed by atoms with Gasteiger partial charge in [-0.25, -0.2) is 9.98 Å². The number of carbonyl (C=O) groups excluding carboxylic acids is 1. The van der Waals surface area contributed by atoms with E-state index in [0.717, 1.165) is 6.34 Å². The molecule has 2 aromatic rings. The van der Waals surface area contributed by atoms with Gasteiger partial charge in [0.1, 0.15) is 12.3 Å². The van der Waals surface area contributed by atoms with E-state index in [1.54, 1.807) is 0 Å². The highest BCUT2D eigenvalue weighted by atomic mass is 16.6. The molecule has 0 saturated carbocycles. The largest absolute Gasteiger partial charge is 0.394 e. The second-order valence-corrected chi connectivity index (χ2v) is 5.98. The van der Waals surface area contributed by atoms with Crippen LogP contribution in [0.5, 0.6) is 0 Å². The number of benzene rings is 1. The molecule has 2 heterocycles. The van der Waals surface area contributed by atoms with Gasteiger partial charge in [0.05, 0.1) is 30.3 Å². The number of amides is 1. The number of aliphatic hydroxyl groups is 2. The molecule has 1 aliphatic heterocycles. The van der Waals surface area contributed by atoms with Crippen LogP contribution in [-0.2, 0) is 4.74 Å². The minimum Gasteiger partial charge on any atom is -0.394 e. The van der Waals surface area contributed by atoms with Crippen LogP contribution in [0.15, 0.2) is 35.6 Å². The molecular weight excluding hydrogens is 373 g/mol. The molecule has 12 heteroatoms. The van der Waals surface area contributed by atoms with E-state index < -0.39 is 29.3 Å². The molecule has 3 rings (SSSR count). The summed E-state index contributed by atoms with van der Waals surface area (Å²) in [4.78, 5) is 30.7. The highest BCUT2D eigenvalue weighted by Gasteiger charge is 2.36. The summed E-state index contributed by atoms with van der Waals surface area (Å²) in [5.41, 5.74) is 5.55. The Morgan fingerprint density at radius 1 is 1.50 bits per heavy atom. The van der Waals surface area contributed by atoms with Gasteiger partial charge in [-0.15, -0.1) is 0 Å². The topological polar surface area (TPSA) is 178 Å². The molecule has 1 amide bonds. The fourth-order valence-electron chi connectivity index (χ4n) is 2.83. The molecular formula is C16H18N6O6. The summed E-state index contributed by atoms with van der Waals surface area (Å²) in [6, 6.07) is 5.30. The minimum absolute atomic E-state index is 0.0504. The van der Waals surface area contributed by atoms with Gasteiger partial charge in [0.2, 0.25) is 0 Å². The number of hydrogen-bond donors (Lipinski definition) is 4. The zero-order valence-corrected chi connectivity index (χ0v) is 14.5. The van der Waals surface area contributed by atoms with Crippen LogP contribution in [-0.4, -0.2) is 55.7 Å². The molecule has 0 radical (unpaired) electrons. The lowest BCUT2D eigenvalue weighted by Crippen LogP contribution is -2.24. The number of ether oxygens (including phenoxy) is 1. The molecule has 1 aromatic carbocycles. The van der Waals surface area contributed by atoms with Gasteiger partial charge >= 0.3 is 0 Å². The number of rotatable bonds is 6. The lowest BCUT2D eigenvalue weighted by atomic mass is 10.2. The van der Waals surface area contributed by atoms with E-state index in [-0.39, 0.29) is 30.2 Å². The summed E-state index contributed by atoms with van der Waals surface area (Å²) >= 11 is 0. The number of carbonyl (C=O) groups is 1. The van der Waals surface area contributed by atoms with Gasteiger partial charge in [-0.2, -0.15) is 0 Å². The fraction of sp³-hybridized carbons (Fsp3) is 0.312. The minimum atomic E-state index is -0.871. The first kappa shape index (κ1) is 19.4. The number of aliphatic hydroxyl groups excluding tert-OH is 2. The Bertz CT molecular complexity index is 896. The molecule has 1 aliphatic rings. The summed E-state index contributed by atoms with van der Waals surface area (Å²) in [7, 11) is 0. The van der Waals surface area contributed by atoms with Crippen molar-refractivity contribution in [2.45, 2.75) is 24.9 Å². The van der Waals surface area contributed by atoms with E-state index in [1.807, 2.05) is 0 Å². The summed E-state index contributed by atoms with van der Waals surface area (Å²) in [5, 5.41) is 32.4. The molecule has 1 saturated heterocycles. The third-order valence-corrected chi connectivity index (χ3v) is 4.21. The van der Waals surface area contributed by atoms with Crippen LogP contribution in [0.2, 0.25) is 0 Å². The molecule has 148 valence electrons. The van der Waals surface area contributed by atoms with Crippen molar-refractivity contribution in [1.82, 2.24) is 9.55 Å². The molecule has 0 spiro atoms. The van der Waals surface area contributed by atoms with Crippen molar-refractivity contribution in [3.63, 3.8) is 0 Å².